The molecule has 136 valence electrons. The third kappa shape index (κ3) is 3.08. The average molecular weight is 353 g/mol. The Kier molecular flexibility index (Phi) is 4.66. The Labute approximate surface area is 152 Å². The predicted octanol–water partition coefficient (Wildman–Crippen LogP) is 3.06. The molecular weight excluding hydrogens is 330 g/mol. The summed E-state index contributed by atoms with van der Waals surface area (Å²) < 4.78 is 10.9. The molecule has 1 aliphatic carbocycles. The summed E-state index contributed by atoms with van der Waals surface area (Å²) in [6.07, 6.45) is -0.924. The first-order chi connectivity index (χ1) is 12.6. The van der Waals surface area contributed by atoms with Gasteiger partial charge in [-0.05, 0) is 35.6 Å². The highest BCUT2D eigenvalue weighted by atomic mass is 16.5. The van der Waals surface area contributed by atoms with E-state index in [-0.39, 0.29) is 24.7 Å². The number of benzene rings is 2. The summed E-state index contributed by atoms with van der Waals surface area (Å²) in [4.78, 5) is 12.3. The molecule has 1 saturated heterocycles. The highest BCUT2D eigenvalue weighted by Crippen LogP contribution is 2.44. The fourth-order valence-electron chi connectivity index (χ4n) is 3.93. The Morgan fingerprint density at radius 3 is 2.42 bits per heavy atom. The molecule has 0 aromatic heterocycles. The van der Waals surface area contributed by atoms with E-state index < -0.39 is 12.2 Å². The minimum atomic E-state index is -0.718. The van der Waals surface area contributed by atoms with Gasteiger partial charge in [0.25, 0.3) is 0 Å². The molecule has 26 heavy (non-hydrogen) atoms. The lowest BCUT2D eigenvalue weighted by Gasteiger charge is -2.33. The number of nitrogens with one attached hydrogen (secondary N) is 1. The summed E-state index contributed by atoms with van der Waals surface area (Å²) in [5, 5.41) is 12.9. The van der Waals surface area contributed by atoms with Crippen molar-refractivity contribution in [1.29, 1.82) is 0 Å². The zero-order valence-electron chi connectivity index (χ0n) is 14.7. The van der Waals surface area contributed by atoms with Crippen molar-refractivity contribution in [2.45, 2.75) is 37.5 Å². The molecule has 1 heterocycles. The minimum absolute atomic E-state index is 0.0340. The van der Waals surface area contributed by atoms with Crippen molar-refractivity contribution in [3.8, 4) is 11.1 Å². The van der Waals surface area contributed by atoms with Gasteiger partial charge in [-0.2, -0.15) is 0 Å². The Bertz CT molecular complexity index is 761. The molecule has 0 unspecified atom stereocenters. The fourth-order valence-corrected chi connectivity index (χ4v) is 3.93. The lowest BCUT2D eigenvalue weighted by atomic mass is 9.98. The maximum atomic E-state index is 12.3. The van der Waals surface area contributed by atoms with Gasteiger partial charge in [-0.15, -0.1) is 0 Å². The normalized spacial score (nSPS) is 24.6. The van der Waals surface area contributed by atoms with Crippen molar-refractivity contribution < 1.29 is 19.4 Å². The Balaban J connectivity index is 1.44. The summed E-state index contributed by atoms with van der Waals surface area (Å²) in [5.41, 5.74) is 4.76. The number of alkyl carbamates (subject to hydrolysis) is 1. The molecule has 0 spiro atoms. The largest absolute Gasteiger partial charge is 0.449 e. The van der Waals surface area contributed by atoms with Crippen molar-refractivity contribution >= 4 is 6.09 Å². The first kappa shape index (κ1) is 17.1. The van der Waals surface area contributed by atoms with Crippen LogP contribution in [-0.2, 0) is 9.47 Å². The van der Waals surface area contributed by atoms with E-state index in [4.69, 9.17) is 9.47 Å². The molecule has 2 aromatic rings. The summed E-state index contributed by atoms with van der Waals surface area (Å²) in [6, 6.07) is 16.1. The second kappa shape index (κ2) is 7.09. The van der Waals surface area contributed by atoms with Gasteiger partial charge in [0.05, 0.1) is 12.1 Å². The van der Waals surface area contributed by atoms with Crippen LogP contribution in [0.5, 0.6) is 0 Å². The first-order valence-corrected chi connectivity index (χ1v) is 9.06. The number of carbonyl (C=O) groups is 1. The predicted molar refractivity (Wildman–Crippen MR) is 98.0 cm³/mol. The van der Waals surface area contributed by atoms with Crippen molar-refractivity contribution in [1.82, 2.24) is 5.32 Å². The molecule has 1 aliphatic heterocycles. The van der Waals surface area contributed by atoms with Crippen LogP contribution in [0.4, 0.5) is 4.79 Å². The van der Waals surface area contributed by atoms with Crippen LogP contribution in [0.15, 0.2) is 48.5 Å². The van der Waals surface area contributed by atoms with E-state index in [0.717, 1.165) is 0 Å². The third-order valence-corrected chi connectivity index (χ3v) is 5.35. The standard InChI is InChI=1S/C21H23NO4/c1-13-20(23)19(10-11-25-13)22-21(24)26-12-18-16-8-4-2-6-14(16)15-7-3-5-9-17(15)18/h2-9,13,18-20,23H,10-12H2,1H3,(H,22,24)/t13-,19-,20+/m0/s1. The summed E-state index contributed by atoms with van der Waals surface area (Å²) in [5.74, 6) is 0.0340. The SMILES string of the molecule is C[C@@H]1OCC[C@H](NC(=O)OCC2c3ccccc3-c3ccccc32)[C@@H]1O. The molecule has 4 rings (SSSR count). The van der Waals surface area contributed by atoms with E-state index >= 15 is 0 Å². The second-order valence-electron chi connectivity index (χ2n) is 6.93. The van der Waals surface area contributed by atoms with Gasteiger partial charge in [0.2, 0.25) is 0 Å². The monoisotopic (exact) mass is 353 g/mol. The second-order valence-corrected chi connectivity index (χ2v) is 6.93. The van der Waals surface area contributed by atoms with Gasteiger partial charge in [0.1, 0.15) is 12.7 Å². The van der Waals surface area contributed by atoms with Gasteiger partial charge in [-0.1, -0.05) is 48.5 Å². The molecule has 5 heteroatoms. The van der Waals surface area contributed by atoms with Crippen LogP contribution in [0.25, 0.3) is 11.1 Å². The number of amides is 1. The molecular formula is C21H23NO4. The fraction of sp³-hybridized carbons (Fsp3) is 0.381. The van der Waals surface area contributed by atoms with E-state index in [1.165, 1.54) is 22.3 Å². The molecule has 1 amide bonds. The Morgan fingerprint density at radius 2 is 1.77 bits per heavy atom. The average Bonchev–Trinajstić information content (AvgIpc) is 2.98. The highest BCUT2D eigenvalue weighted by molar-refractivity contribution is 5.79. The third-order valence-electron chi connectivity index (χ3n) is 5.35. The lowest BCUT2D eigenvalue weighted by Crippen LogP contribution is -2.52. The zero-order chi connectivity index (χ0) is 18.1. The molecule has 1 fully saturated rings. The van der Waals surface area contributed by atoms with E-state index in [1.54, 1.807) is 6.92 Å². The smallest absolute Gasteiger partial charge is 0.407 e. The maximum Gasteiger partial charge on any atom is 0.407 e. The van der Waals surface area contributed by atoms with Crippen LogP contribution in [-0.4, -0.2) is 42.7 Å². The van der Waals surface area contributed by atoms with Crippen LogP contribution in [0.3, 0.4) is 0 Å². The summed E-state index contributed by atoms with van der Waals surface area (Å²) >= 11 is 0. The number of ether oxygens (including phenoxy) is 2. The topological polar surface area (TPSA) is 67.8 Å². The van der Waals surface area contributed by atoms with Gasteiger partial charge < -0.3 is 19.9 Å². The molecule has 2 aliphatic rings. The lowest BCUT2D eigenvalue weighted by molar-refractivity contribution is -0.0803. The highest BCUT2D eigenvalue weighted by Gasteiger charge is 2.32. The van der Waals surface area contributed by atoms with E-state index in [9.17, 15) is 9.90 Å². The Hall–Kier alpha value is -2.37. The molecule has 3 atom stereocenters. The van der Waals surface area contributed by atoms with E-state index in [0.29, 0.717) is 13.0 Å². The van der Waals surface area contributed by atoms with Crippen LogP contribution < -0.4 is 5.32 Å². The zero-order valence-corrected chi connectivity index (χ0v) is 14.7. The summed E-state index contributed by atoms with van der Waals surface area (Å²) in [6.45, 7) is 2.59. The quantitative estimate of drug-likeness (QED) is 0.890. The molecule has 2 aromatic carbocycles. The van der Waals surface area contributed by atoms with Crippen molar-refractivity contribution in [2.24, 2.45) is 0 Å². The van der Waals surface area contributed by atoms with Crippen LogP contribution >= 0.6 is 0 Å². The first-order valence-electron chi connectivity index (χ1n) is 9.06. The molecule has 0 radical (unpaired) electrons. The molecule has 0 bridgehead atoms. The van der Waals surface area contributed by atoms with Crippen molar-refractivity contribution in [3.63, 3.8) is 0 Å². The van der Waals surface area contributed by atoms with Crippen LogP contribution in [0.1, 0.15) is 30.4 Å². The molecule has 2 N–H and O–H groups in total. The van der Waals surface area contributed by atoms with E-state index in [1.807, 2.05) is 24.3 Å². The maximum absolute atomic E-state index is 12.3. The number of carbonyl (C=O) groups excluding carboxylic acids is 1. The number of aliphatic hydroxyl groups is 1. The minimum Gasteiger partial charge on any atom is -0.449 e. The number of fused-ring (bicyclic) bond motifs is 3. The van der Waals surface area contributed by atoms with Gasteiger partial charge in [0, 0.05) is 12.5 Å². The van der Waals surface area contributed by atoms with Crippen molar-refractivity contribution in [3.05, 3.63) is 59.7 Å². The molecule has 5 nitrogen and oxygen atoms in total. The van der Waals surface area contributed by atoms with Gasteiger partial charge >= 0.3 is 6.09 Å². The Morgan fingerprint density at radius 1 is 1.15 bits per heavy atom. The van der Waals surface area contributed by atoms with E-state index in [2.05, 4.69) is 29.6 Å². The van der Waals surface area contributed by atoms with Crippen molar-refractivity contribution in [2.75, 3.05) is 13.2 Å². The number of hydrogen-bond acceptors (Lipinski definition) is 4. The number of hydrogen-bond donors (Lipinski definition) is 2. The van der Waals surface area contributed by atoms with Crippen LogP contribution in [0, 0.1) is 0 Å². The van der Waals surface area contributed by atoms with Crippen LogP contribution in [0.2, 0.25) is 0 Å². The van der Waals surface area contributed by atoms with Gasteiger partial charge in [-0.3, -0.25) is 0 Å². The number of aliphatic hydroxyl groups excluding tert-OH is 1. The van der Waals surface area contributed by atoms with Gasteiger partial charge in [-0.25, -0.2) is 4.79 Å². The van der Waals surface area contributed by atoms with Gasteiger partial charge in [0.15, 0.2) is 0 Å². The number of rotatable bonds is 3. The molecule has 0 saturated carbocycles. The summed E-state index contributed by atoms with van der Waals surface area (Å²) in [7, 11) is 0.